The van der Waals surface area contributed by atoms with Crippen molar-refractivity contribution in [2.45, 2.75) is 0 Å². The van der Waals surface area contributed by atoms with Gasteiger partial charge in [-0.25, -0.2) is 4.98 Å². The second kappa shape index (κ2) is 5.50. The topological polar surface area (TPSA) is 88.3 Å². The van der Waals surface area contributed by atoms with Crippen molar-refractivity contribution >= 4 is 39.6 Å². The summed E-state index contributed by atoms with van der Waals surface area (Å²) in [6, 6.07) is 10.9. The highest BCUT2D eigenvalue weighted by atomic mass is 35.5. The lowest BCUT2D eigenvalue weighted by Crippen LogP contribution is -1.97. The van der Waals surface area contributed by atoms with E-state index < -0.39 is 4.92 Å². The van der Waals surface area contributed by atoms with E-state index in [1.54, 1.807) is 24.3 Å². The molecule has 7 heteroatoms. The fourth-order valence-corrected chi connectivity index (χ4v) is 2.47. The maximum absolute atomic E-state index is 11.1. The number of nitro groups is 1. The summed E-state index contributed by atoms with van der Waals surface area (Å²) in [5.74, 6) is 0.485. The van der Waals surface area contributed by atoms with E-state index in [2.05, 4.69) is 10.3 Å². The first-order valence-electron chi connectivity index (χ1n) is 6.34. The van der Waals surface area contributed by atoms with E-state index in [0.29, 0.717) is 27.3 Å². The largest absolute Gasteiger partial charge is 0.508 e. The van der Waals surface area contributed by atoms with Crippen molar-refractivity contribution in [3.63, 3.8) is 0 Å². The molecule has 110 valence electrons. The molecule has 0 atom stereocenters. The van der Waals surface area contributed by atoms with Crippen molar-refractivity contribution in [2.24, 2.45) is 0 Å². The SMILES string of the molecule is O=[N+]([O-])c1ccc(Cl)c2c(Nc3cccc(O)c3)nccc12. The fraction of sp³-hybridized carbons (Fsp3) is 0. The highest BCUT2D eigenvalue weighted by Crippen LogP contribution is 2.36. The lowest BCUT2D eigenvalue weighted by molar-refractivity contribution is -0.383. The van der Waals surface area contributed by atoms with Gasteiger partial charge in [0.15, 0.2) is 0 Å². The van der Waals surface area contributed by atoms with Crippen molar-refractivity contribution in [3.8, 4) is 5.75 Å². The Labute approximate surface area is 130 Å². The highest BCUT2D eigenvalue weighted by Gasteiger charge is 2.17. The van der Waals surface area contributed by atoms with Gasteiger partial charge in [-0.05, 0) is 24.3 Å². The molecule has 0 amide bonds. The van der Waals surface area contributed by atoms with E-state index in [9.17, 15) is 15.2 Å². The van der Waals surface area contributed by atoms with E-state index in [-0.39, 0.29) is 11.4 Å². The van der Waals surface area contributed by atoms with Gasteiger partial charge in [-0.1, -0.05) is 17.7 Å². The summed E-state index contributed by atoms with van der Waals surface area (Å²) in [6.07, 6.45) is 1.47. The standard InChI is InChI=1S/C15H10ClN3O3/c16-12-4-5-13(19(21)22)11-6-7-17-15(14(11)12)18-9-2-1-3-10(20)8-9/h1-8,20H,(H,17,18). The van der Waals surface area contributed by atoms with Crippen molar-refractivity contribution < 1.29 is 10.0 Å². The number of nitro benzene ring substituents is 1. The first-order chi connectivity index (χ1) is 10.6. The number of pyridine rings is 1. The third-order valence-corrected chi connectivity index (χ3v) is 3.47. The van der Waals surface area contributed by atoms with Crippen molar-refractivity contribution in [2.75, 3.05) is 5.32 Å². The lowest BCUT2D eigenvalue weighted by atomic mass is 10.1. The maximum atomic E-state index is 11.1. The van der Waals surface area contributed by atoms with Crippen LogP contribution in [0.1, 0.15) is 0 Å². The van der Waals surface area contributed by atoms with Crippen LogP contribution in [0.4, 0.5) is 17.2 Å². The molecule has 0 bridgehead atoms. The molecule has 22 heavy (non-hydrogen) atoms. The number of rotatable bonds is 3. The molecular weight excluding hydrogens is 306 g/mol. The Balaban J connectivity index is 2.18. The number of hydrogen-bond acceptors (Lipinski definition) is 5. The normalized spacial score (nSPS) is 10.6. The van der Waals surface area contributed by atoms with E-state index in [0.717, 1.165) is 0 Å². The number of phenols is 1. The summed E-state index contributed by atoms with van der Waals surface area (Å²) >= 11 is 6.18. The first-order valence-corrected chi connectivity index (χ1v) is 6.72. The molecule has 2 N–H and O–H groups in total. The quantitative estimate of drug-likeness (QED) is 0.557. The second-order valence-corrected chi connectivity index (χ2v) is 4.99. The maximum Gasteiger partial charge on any atom is 0.277 e. The highest BCUT2D eigenvalue weighted by molar-refractivity contribution is 6.37. The summed E-state index contributed by atoms with van der Waals surface area (Å²) in [5, 5.41) is 24.9. The molecule has 6 nitrogen and oxygen atoms in total. The van der Waals surface area contributed by atoms with Crippen LogP contribution in [0.5, 0.6) is 5.75 Å². The number of aromatic hydroxyl groups is 1. The summed E-state index contributed by atoms with van der Waals surface area (Å²) in [6.45, 7) is 0. The van der Waals surface area contributed by atoms with Gasteiger partial charge >= 0.3 is 0 Å². The van der Waals surface area contributed by atoms with Crippen LogP contribution in [0.15, 0.2) is 48.7 Å². The van der Waals surface area contributed by atoms with Gasteiger partial charge < -0.3 is 10.4 Å². The number of fused-ring (bicyclic) bond motifs is 1. The lowest BCUT2D eigenvalue weighted by Gasteiger charge is -2.10. The molecular formula is C15H10ClN3O3. The number of nitrogens with zero attached hydrogens (tertiary/aromatic N) is 2. The van der Waals surface area contributed by atoms with Gasteiger partial charge in [0.1, 0.15) is 11.6 Å². The minimum absolute atomic E-state index is 0.0410. The van der Waals surface area contributed by atoms with E-state index in [1.165, 1.54) is 24.4 Å². The van der Waals surface area contributed by atoms with E-state index in [4.69, 9.17) is 11.6 Å². The van der Waals surface area contributed by atoms with Crippen molar-refractivity contribution in [1.82, 2.24) is 4.98 Å². The fourth-order valence-electron chi connectivity index (χ4n) is 2.22. The first kappa shape index (κ1) is 14.1. The Morgan fingerprint density at radius 3 is 2.77 bits per heavy atom. The molecule has 1 aromatic heterocycles. The van der Waals surface area contributed by atoms with Crippen LogP contribution in [0.3, 0.4) is 0 Å². The smallest absolute Gasteiger partial charge is 0.277 e. The molecule has 3 rings (SSSR count). The molecule has 0 aliphatic heterocycles. The van der Waals surface area contributed by atoms with E-state index >= 15 is 0 Å². The number of nitrogens with one attached hydrogen (secondary N) is 1. The average molecular weight is 316 g/mol. The number of hydrogen-bond donors (Lipinski definition) is 2. The molecule has 0 radical (unpaired) electrons. The number of benzene rings is 2. The molecule has 0 spiro atoms. The third kappa shape index (κ3) is 2.51. The minimum atomic E-state index is -0.462. The molecule has 2 aromatic carbocycles. The van der Waals surface area contributed by atoms with Crippen LogP contribution < -0.4 is 5.32 Å². The predicted octanol–water partition coefficient (Wildman–Crippen LogP) is 4.25. The molecule has 0 saturated carbocycles. The Morgan fingerprint density at radius 1 is 1.23 bits per heavy atom. The average Bonchev–Trinajstić information content (AvgIpc) is 2.47. The molecule has 0 aliphatic carbocycles. The summed E-state index contributed by atoms with van der Waals surface area (Å²) in [7, 11) is 0. The van der Waals surface area contributed by atoms with Gasteiger partial charge in [0.05, 0.1) is 20.7 Å². The Bertz CT molecular complexity index is 883. The summed E-state index contributed by atoms with van der Waals surface area (Å²) in [5.41, 5.74) is 0.559. The zero-order valence-corrected chi connectivity index (χ0v) is 11.9. The Hall–Kier alpha value is -2.86. The summed E-state index contributed by atoms with van der Waals surface area (Å²) < 4.78 is 0. The number of halogens is 1. The summed E-state index contributed by atoms with van der Waals surface area (Å²) in [4.78, 5) is 14.9. The van der Waals surface area contributed by atoms with Crippen LogP contribution in [-0.4, -0.2) is 15.0 Å². The molecule has 0 unspecified atom stereocenters. The number of non-ortho nitro benzene ring substituents is 1. The molecule has 0 fully saturated rings. The number of aromatic nitrogens is 1. The van der Waals surface area contributed by atoms with E-state index in [1.807, 2.05) is 0 Å². The van der Waals surface area contributed by atoms with Gasteiger partial charge in [0.25, 0.3) is 5.69 Å². The Morgan fingerprint density at radius 2 is 2.05 bits per heavy atom. The predicted molar refractivity (Wildman–Crippen MR) is 84.8 cm³/mol. The molecule has 0 aliphatic rings. The number of phenolic OH excluding ortho intramolecular Hbond substituents is 1. The monoisotopic (exact) mass is 315 g/mol. The van der Waals surface area contributed by atoms with Gasteiger partial charge in [0, 0.05) is 24.0 Å². The van der Waals surface area contributed by atoms with Crippen LogP contribution >= 0.6 is 11.6 Å². The van der Waals surface area contributed by atoms with Crippen LogP contribution in [0, 0.1) is 10.1 Å². The van der Waals surface area contributed by atoms with Crippen LogP contribution in [0.25, 0.3) is 10.8 Å². The molecule has 3 aromatic rings. The van der Waals surface area contributed by atoms with Crippen molar-refractivity contribution in [1.29, 1.82) is 0 Å². The minimum Gasteiger partial charge on any atom is -0.508 e. The zero-order valence-electron chi connectivity index (χ0n) is 11.2. The van der Waals surface area contributed by atoms with Gasteiger partial charge in [-0.2, -0.15) is 0 Å². The van der Waals surface area contributed by atoms with Crippen LogP contribution in [-0.2, 0) is 0 Å². The zero-order chi connectivity index (χ0) is 15.7. The second-order valence-electron chi connectivity index (χ2n) is 4.58. The van der Waals surface area contributed by atoms with Gasteiger partial charge in [-0.3, -0.25) is 10.1 Å². The molecule has 0 saturated heterocycles. The molecule has 1 heterocycles. The van der Waals surface area contributed by atoms with Crippen LogP contribution in [0.2, 0.25) is 5.02 Å². The van der Waals surface area contributed by atoms with Gasteiger partial charge in [0.2, 0.25) is 0 Å². The van der Waals surface area contributed by atoms with Crippen molar-refractivity contribution in [3.05, 3.63) is 63.8 Å². The number of anilines is 2. The van der Waals surface area contributed by atoms with Gasteiger partial charge in [-0.15, -0.1) is 0 Å². The third-order valence-electron chi connectivity index (χ3n) is 3.16. The Kier molecular flexibility index (Phi) is 3.52.